The van der Waals surface area contributed by atoms with Gasteiger partial charge in [0.2, 0.25) is 0 Å². The zero-order chi connectivity index (χ0) is 14.1. The lowest BCUT2D eigenvalue weighted by molar-refractivity contribution is 1.14. The molecule has 0 spiro atoms. The third-order valence-corrected chi connectivity index (χ3v) is 4.68. The molecule has 0 aliphatic rings. The Kier molecular flexibility index (Phi) is 3.76. The highest BCUT2D eigenvalue weighted by Gasteiger charge is 2.07. The second kappa shape index (κ2) is 5.54. The minimum Gasteiger partial charge on any atom is -0.331 e. The summed E-state index contributed by atoms with van der Waals surface area (Å²) in [6.07, 6.45) is 0.992. The van der Waals surface area contributed by atoms with Gasteiger partial charge in [0.25, 0.3) is 0 Å². The number of thiazole rings is 1. The molecule has 0 atom stereocenters. The normalized spacial score (nSPS) is 10.9. The number of aromatic nitrogens is 1. The third kappa shape index (κ3) is 2.72. The number of hydrogen-bond acceptors (Lipinski definition) is 3. The van der Waals surface area contributed by atoms with Crippen LogP contribution in [0.1, 0.15) is 18.1 Å². The zero-order valence-electron chi connectivity index (χ0n) is 11.4. The molecule has 0 amide bonds. The van der Waals surface area contributed by atoms with E-state index < -0.39 is 0 Å². The van der Waals surface area contributed by atoms with Crippen LogP contribution < -0.4 is 5.32 Å². The Bertz CT molecular complexity index is 764. The first-order valence-corrected chi connectivity index (χ1v) is 8.19. The maximum absolute atomic E-state index is 4.66. The molecule has 4 heteroatoms. The Morgan fingerprint density at radius 2 is 2.05 bits per heavy atom. The van der Waals surface area contributed by atoms with Crippen molar-refractivity contribution in [2.75, 3.05) is 5.32 Å². The van der Waals surface area contributed by atoms with Crippen LogP contribution in [0.15, 0.2) is 40.9 Å². The van der Waals surface area contributed by atoms with Gasteiger partial charge in [0.15, 0.2) is 5.13 Å². The van der Waals surface area contributed by atoms with Crippen molar-refractivity contribution in [3.63, 3.8) is 0 Å². The van der Waals surface area contributed by atoms with Crippen molar-refractivity contribution in [1.82, 2.24) is 4.98 Å². The summed E-state index contributed by atoms with van der Waals surface area (Å²) in [4.78, 5) is 4.66. The molecule has 0 fully saturated rings. The van der Waals surface area contributed by atoms with Crippen molar-refractivity contribution in [3.8, 4) is 0 Å². The van der Waals surface area contributed by atoms with Gasteiger partial charge < -0.3 is 5.32 Å². The highest BCUT2D eigenvalue weighted by Crippen LogP contribution is 2.31. The van der Waals surface area contributed by atoms with E-state index in [0.29, 0.717) is 0 Å². The van der Waals surface area contributed by atoms with Gasteiger partial charge in [-0.1, -0.05) is 40.3 Å². The number of hydrogen-bond donors (Lipinski definition) is 1. The molecular formula is C16H15BrN2S. The van der Waals surface area contributed by atoms with Gasteiger partial charge in [-0.3, -0.25) is 0 Å². The maximum Gasteiger partial charge on any atom is 0.188 e. The first-order valence-electron chi connectivity index (χ1n) is 6.58. The van der Waals surface area contributed by atoms with Crippen molar-refractivity contribution in [3.05, 3.63) is 52.0 Å². The fourth-order valence-electron chi connectivity index (χ4n) is 2.18. The van der Waals surface area contributed by atoms with Crippen molar-refractivity contribution in [2.45, 2.75) is 20.3 Å². The summed E-state index contributed by atoms with van der Waals surface area (Å²) < 4.78 is 2.33. The van der Waals surface area contributed by atoms with E-state index in [4.69, 9.17) is 0 Å². The van der Waals surface area contributed by atoms with Gasteiger partial charge in [0, 0.05) is 10.2 Å². The second-order valence-electron chi connectivity index (χ2n) is 4.77. The van der Waals surface area contributed by atoms with Crippen LogP contribution >= 0.6 is 27.3 Å². The molecule has 0 aliphatic carbocycles. The number of nitrogens with zero attached hydrogens (tertiary/aromatic N) is 1. The van der Waals surface area contributed by atoms with Crippen molar-refractivity contribution >= 4 is 48.3 Å². The first-order chi connectivity index (χ1) is 9.65. The number of nitrogens with one attached hydrogen (secondary N) is 1. The Labute approximate surface area is 131 Å². The summed E-state index contributed by atoms with van der Waals surface area (Å²) in [5.41, 5.74) is 4.72. The summed E-state index contributed by atoms with van der Waals surface area (Å²) >= 11 is 5.21. The van der Waals surface area contributed by atoms with Gasteiger partial charge in [-0.15, -0.1) is 0 Å². The van der Waals surface area contributed by atoms with Crippen LogP contribution in [0, 0.1) is 6.92 Å². The molecule has 3 aromatic rings. The summed E-state index contributed by atoms with van der Waals surface area (Å²) in [7, 11) is 0. The molecule has 3 rings (SSSR count). The lowest BCUT2D eigenvalue weighted by Gasteiger charge is -2.08. The zero-order valence-corrected chi connectivity index (χ0v) is 13.8. The van der Waals surface area contributed by atoms with Gasteiger partial charge in [0.05, 0.1) is 10.2 Å². The summed E-state index contributed by atoms with van der Waals surface area (Å²) in [5.74, 6) is 0. The molecule has 2 aromatic carbocycles. The SMILES string of the molecule is CCc1cc(Br)ccc1Nc1nc2cc(C)ccc2s1. The fraction of sp³-hybridized carbons (Fsp3) is 0.188. The number of rotatable bonds is 3. The molecule has 0 aliphatic heterocycles. The molecule has 0 saturated heterocycles. The van der Waals surface area contributed by atoms with Crippen LogP contribution in [-0.4, -0.2) is 4.98 Å². The molecule has 0 unspecified atom stereocenters. The van der Waals surface area contributed by atoms with E-state index in [1.807, 2.05) is 0 Å². The second-order valence-corrected chi connectivity index (χ2v) is 6.72. The predicted octanol–water partition coefficient (Wildman–Crippen LogP) is 5.67. The number of anilines is 2. The number of aryl methyl sites for hydroxylation is 2. The Balaban J connectivity index is 1.96. The Morgan fingerprint density at radius 1 is 1.20 bits per heavy atom. The molecular weight excluding hydrogens is 332 g/mol. The van der Waals surface area contributed by atoms with Crippen LogP contribution in [0.2, 0.25) is 0 Å². The van der Waals surface area contributed by atoms with E-state index in [1.54, 1.807) is 11.3 Å². The van der Waals surface area contributed by atoms with E-state index in [9.17, 15) is 0 Å². The highest BCUT2D eigenvalue weighted by atomic mass is 79.9. The van der Waals surface area contributed by atoms with Crippen molar-refractivity contribution < 1.29 is 0 Å². The maximum atomic E-state index is 4.66. The average molecular weight is 347 g/mol. The van der Waals surface area contributed by atoms with Gasteiger partial charge >= 0.3 is 0 Å². The summed E-state index contributed by atoms with van der Waals surface area (Å²) in [6, 6.07) is 12.7. The Hall–Kier alpha value is -1.39. The molecule has 0 saturated carbocycles. The first kappa shape index (κ1) is 13.6. The van der Waals surface area contributed by atoms with Crippen LogP contribution in [0.4, 0.5) is 10.8 Å². The lowest BCUT2D eigenvalue weighted by atomic mass is 10.1. The van der Waals surface area contributed by atoms with E-state index in [0.717, 1.165) is 27.2 Å². The van der Waals surface area contributed by atoms with Crippen LogP contribution in [0.3, 0.4) is 0 Å². The minimum atomic E-state index is 0.947. The minimum absolute atomic E-state index is 0.947. The van der Waals surface area contributed by atoms with E-state index in [2.05, 4.69) is 76.5 Å². The van der Waals surface area contributed by atoms with Gasteiger partial charge in [-0.25, -0.2) is 4.98 Å². The Morgan fingerprint density at radius 3 is 2.85 bits per heavy atom. The lowest BCUT2D eigenvalue weighted by Crippen LogP contribution is -1.94. The summed E-state index contributed by atoms with van der Waals surface area (Å²) in [5, 5.41) is 4.39. The molecule has 1 N–H and O–H groups in total. The highest BCUT2D eigenvalue weighted by molar-refractivity contribution is 9.10. The monoisotopic (exact) mass is 346 g/mol. The van der Waals surface area contributed by atoms with E-state index >= 15 is 0 Å². The van der Waals surface area contributed by atoms with Gasteiger partial charge in [0.1, 0.15) is 0 Å². The number of benzene rings is 2. The smallest absolute Gasteiger partial charge is 0.188 e. The largest absolute Gasteiger partial charge is 0.331 e. The standard InChI is InChI=1S/C16H15BrN2S/c1-3-11-9-12(17)5-6-13(11)18-16-19-14-8-10(2)4-7-15(14)20-16/h4-9H,3H2,1-2H3,(H,18,19). The molecule has 1 heterocycles. The molecule has 0 bridgehead atoms. The quantitative estimate of drug-likeness (QED) is 0.660. The molecule has 1 aromatic heterocycles. The molecule has 0 radical (unpaired) electrons. The van der Waals surface area contributed by atoms with Crippen LogP contribution in [0.5, 0.6) is 0 Å². The molecule has 20 heavy (non-hydrogen) atoms. The van der Waals surface area contributed by atoms with E-state index in [1.165, 1.54) is 15.8 Å². The van der Waals surface area contributed by atoms with Crippen molar-refractivity contribution in [2.24, 2.45) is 0 Å². The topological polar surface area (TPSA) is 24.9 Å². The third-order valence-electron chi connectivity index (χ3n) is 3.23. The van der Waals surface area contributed by atoms with Crippen LogP contribution in [0.25, 0.3) is 10.2 Å². The van der Waals surface area contributed by atoms with Crippen molar-refractivity contribution in [1.29, 1.82) is 0 Å². The average Bonchev–Trinajstić information content (AvgIpc) is 2.82. The fourth-order valence-corrected chi connectivity index (χ4v) is 3.45. The number of fused-ring (bicyclic) bond motifs is 1. The predicted molar refractivity (Wildman–Crippen MR) is 91.2 cm³/mol. The molecule has 2 nitrogen and oxygen atoms in total. The van der Waals surface area contributed by atoms with E-state index in [-0.39, 0.29) is 0 Å². The van der Waals surface area contributed by atoms with Gasteiger partial charge in [-0.2, -0.15) is 0 Å². The van der Waals surface area contributed by atoms with Gasteiger partial charge in [-0.05, 0) is 54.8 Å². The summed E-state index contributed by atoms with van der Waals surface area (Å²) in [6.45, 7) is 4.25. The number of halogens is 1. The molecule has 102 valence electrons. The van der Waals surface area contributed by atoms with Crippen LogP contribution in [-0.2, 0) is 6.42 Å².